The standard InChI is InChI=1S/C14H18BrNO3.ClH/c1-11(10-16-6-8-18-9-7-16)19-14(17)12-4-2-3-5-13(12)15;/h2-5,11H,6-10H2,1H3;1H. The third-order valence-electron chi connectivity index (χ3n) is 3.18. The number of rotatable bonds is 4. The lowest BCUT2D eigenvalue weighted by molar-refractivity contribution is -0.910. The van der Waals surface area contributed by atoms with E-state index in [1.165, 1.54) is 4.90 Å². The second kappa shape index (κ2) is 8.62. The predicted octanol–water partition coefficient (Wildman–Crippen LogP) is -2.09. The highest BCUT2D eigenvalue weighted by molar-refractivity contribution is 9.10. The summed E-state index contributed by atoms with van der Waals surface area (Å²) < 4.78 is 11.6. The summed E-state index contributed by atoms with van der Waals surface area (Å²) in [7, 11) is 0. The summed E-state index contributed by atoms with van der Waals surface area (Å²) in [5, 5.41) is 0. The van der Waals surface area contributed by atoms with Crippen LogP contribution in [0.5, 0.6) is 0 Å². The van der Waals surface area contributed by atoms with Crippen LogP contribution < -0.4 is 17.3 Å². The molecule has 20 heavy (non-hydrogen) atoms. The first-order chi connectivity index (χ1) is 9.16. The highest BCUT2D eigenvalue weighted by Gasteiger charge is 2.20. The van der Waals surface area contributed by atoms with Gasteiger partial charge in [-0.15, -0.1) is 0 Å². The number of morpholine rings is 1. The van der Waals surface area contributed by atoms with Crippen molar-refractivity contribution in [2.75, 3.05) is 32.8 Å². The number of esters is 1. The van der Waals surface area contributed by atoms with Gasteiger partial charge in [0.05, 0.1) is 18.8 Å². The first-order valence-electron chi connectivity index (χ1n) is 6.53. The molecule has 1 N–H and O–H groups in total. The first-order valence-corrected chi connectivity index (χ1v) is 7.33. The van der Waals surface area contributed by atoms with E-state index in [4.69, 9.17) is 9.47 Å². The van der Waals surface area contributed by atoms with Gasteiger partial charge >= 0.3 is 5.97 Å². The Hall–Kier alpha value is -0.620. The number of carbonyl (C=O) groups is 1. The number of carbonyl (C=O) groups excluding carboxylic acids is 1. The zero-order valence-corrected chi connectivity index (χ0v) is 13.7. The van der Waals surface area contributed by atoms with Crippen molar-refractivity contribution in [2.24, 2.45) is 0 Å². The molecular formula is C14H19BrClNO3. The van der Waals surface area contributed by atoms with Gasteiger partial charge in [0, 0.05) is 4.47 Å². The number of hydrogen-bond donors (Lipinski definition) is 1. The Morgan fingerprint density at radius 2 is 2.05 bits per heavy atom. The molecule has 1 fully saturated rings. The lowest BCUT2D eigenvalue weighted by Crippen LogP contribution is -3.15. The largest absolute Gasteiger partial charge is 1.00 e. The van der Waals surface area contributed by atoms with Crippen molar-refractivity contribution >= 4 is 21.9 Å². The molecule has 1 atom stereocenters. The van der Waals surface area contributed by atoms with Gasteiger partial charge in [0.25, 0.3) is 0 Å². The van der Waals surface area contributed by atoms with Crippen LogP contribution in [0.2, 0.25) is 0 Å². The topological polar surface area (TPSA) is 40.0 Å². The summed E-state index contributed by atoms with van der Waals surface area (Å²) in [4.78, 5) is 13.5. The van der Waals surface area contributed by atoms with Gasteiger partial charge in [-0.25, -0.2) is 4.79 Å². The van der Waals surface area contributed by atoms with Crippen molar-refractivity contribution in [1.29, 1.82) is 0 Å². The van der Waals surface area contributed by atoms with Gasteiger partial charge < -0.3 is 26.8 Å². The first kappa shape index (κ1) is 17.4. The van der Waals surface area contributed by atoms with Crippen molar-refractivity contribution in [3.63, 3.8) is 0 Å². The zero-order chi connectivity index (χ0) is 13.7. The van der Waals surface area contributed by atoms with E-state index >= 15 is 0 Å². The maximum Gasteiger partial charge on any atom is 0.339 e. The maximum absolute atomic E-state index is 12.0. The summed E-state index contributed by atoms with van der Waals surface area (Å²) in [6, 6.07) is 7.32. The molecular weight excluding hydrogens is 346 g/mol. The van der Waals surface area contributed by atoms with Gasteiger partial charge in [0.15, 0.2) is 0 Å². The third-order valence-corrected chi connectivity index (χ3v) is 3.87. The molecule has 2 rings (SSSR count). The van der Waals surface area contributed by atoms with Crippen LogP contribution in [0.3, 0.4) is 0 Å². The fourth-order valence-corrected chi connectivity index (χ4v) is 2.63. The molecule has 0 aliphatic carbocycles. The molecule has 112 valence electrons. The second-order valence-corrected chi connectivity index (χ2v) is 5.62. The van der Waals surface area contributed by atoms with Crippen LogP contribution in [-0.4, -0.2) is 44.9 Å². The van der Waals surface area contributed by atoms with Crippen LogP contribution in [0.15, 0.2) is 28.7 Å². The van der Waals surface area contributed by atoms with Crippen molar-refractivity contribution in [1.82, 2.24) is 0 Å². The summed E-state index contributed by atoms with van der Waals surface area (Å²) in [6.07, 6.45) is -0.0901. The summed E-state index contributed by atoms with van der Waals surface area (Å²) in [5.41, 5.74) is 0.575. The van der Waals surface area contributed by atoms with Crippen molar-refractivity contribution in [2.45, 2.75) is 13.0 Å². The van der Waals surface area contributed by atoms with E-state index < -0.39 is 0 Å². The minimum absolute atomic E-state index is 0. The van der Waals surface area contributed by atoms with Crippen LogP contribution in [0.25, 0.3) is 0 Å². The SMILES string of the molecule is CC(C[NH+]1CCOCC1)OC(=O)c1ccccc1Br.[Cl-]. The normalized spacial score (nSPS) is 17.1. The Labute approximate surface area is 134 Å². The smallest absolute Gasteiger partial charge is 0.339 e. The van der Waals surface area contributed by atoms with Gasteiger partial charge in [-0.3, -0.25) is 0 Å². The molecule has 0 saturated carbocycles. The zero-order valence-electron chi connectivity index (χ0n) is 11.4. The predicted molar refractivity (Wildman–Crippen MR) is 75.4 cm³/mol. The van der Waals surface area contributed by atoms with E-state index in [1.807, 2.05) is 25.1 Å². The molecule has 4 nitrogen and oxygen atoms in total. The molecule has 0 radical (unpaired) electrons. The molecule has 0 spiro atoms. The Morgan fingerprint density at radius 3 is 2.70 bits per heavy atom. The molecule has 1 unspecified atom stereocenters. The van der Waals surface area contributed by atoms with E-state index in [9.17, 15) is 4.79 Å². The minimum Gasteiger partial charge on any atom is -1.00 e. The molecule has 1 heterocycles. The molecule has 0 aromatic heterocycles. The molecule has 1 aliphatic rings. The Balaban J connectivity index is 0.00000200. The van der Waals surface area contributed by atoms with Crippen molar-refractivity contribution in [3.05, 3.63) is 34.3 Å². The highest BCUT2D eigenvalue weighted by Crippen LogP contribution is 2.17. The number of nitrogens with one attached hydrogen (secondary N) is 1. The lowest BCUT2D eigenvalue weighted by atomic mass is 10.2. The van der Waals surface area contributed by atoms with Crippen LogP contribution >= 0.6 is 15.9 Å². The number of halogens is 2. The molecule has 1 saturated heterocycles. The van der Waals surface area contributed by atoms with Gasteiger partial charge in [0.1, 0.15) is 25.7 Å². The van der Waals surface area contributed by atoms with E-state index in [1.54, 1.807) is 6.07 Å². The fourth-order valence-electron chi connectivity index (χ4n) is 2.19. The molecule has 1 aliphatic heterocycles. The van der Waals surface area contributed by atoms with Crippen molar-refractivity contribution in [3.8, 4) is 0 Å². The summed E-state index contributed by atoms with van der Waals surface area (Å²) in [5.74, 6) is -0.271. The van der Waals surface area contributed by atoms with Crippen LogP contribution in [0.1, 0.15) is 17.3 Å². The third kappa shape index (κ3) is 5.05. The number of quaternary nitrogens is 1. The summed E-state index contributed by atoms with van der Waals surface area (Å²) >= 11 is 3.36. The number of benzene rings is 1. The van der Waals surface area contributed by atoms with Gasteiger partial charge in [0.2, 0.25) is 0 Å². The van der Waals surface area contributed by atoms with Gasteiger partial charge in [-0.2, -0.15) is 0 Å². The van der Waals surface area contributed by atoms with E-state index in [0.29, 0.717) is 5.56 Å². The number of ether oxygens (including phenoxy) is 2. The van der Waals surface area contributed by atoms with Crippen LogP contribution in [0, 0.1) is 0 Å². The maximum atomic E-state index is 12.0. The monoisotopic (exact) mass is 363 g/mol. The summed E-state index contributed by atoms with van der Waals surface area (Å²) in [6.45, 7) is 6.32. The molecule has 0 amide bonds. The number of hydrogen-bond acceptors (Lipinski definition) is 3. The van der Waals surface area contributed by atoms with Crippen molar-refractivity contribution < 1.29 is 31.6 Å². The molecule has 1 aromatic rings. The average molecular weight is 365 g/mol. The highest BCUT2D eigenvalue weighted by atomic mass is 79.9. The molecule has 0 bridgehead atoms. The molecule has 1 aromatic carbocycles. The average Bonchev–Trinajstić information content (AvgIpc) is 2.40. The quantitative estimate of drug-likeness (QED) is 0.623. The Morgan fingerprint density at radius 1 is 1.40 bits per heavy atom. The van der Waals surface area contributed by atoms with E-state index in [-0.39, 0.29) is 24.5 Å². The van der Waals surface area contributed by atoms with E-state index in [2.05, 4.69) is 15.9 Å². The Kier molecular flexibility index (Phi) is 7.51. The molecule has 6 heteroatoms. The van der Waals surface area contributed by atoms with E-state index in [0.717, 1.165) is 37.3 Å². The Bertz CT molecular complexity index is 438. The fraction of sp³-hybridized carbons (Fsp3) is 0.500. The van der Waals surface area contributed by atoms with Gasteiger partial charge in [-0.1, -0.05) is 12.1 Å². The van der Waals surface area contributed by atoms with Crippen LogP contribution in [-0.2, 0) is 9.47 Å². The van der Waals surface area contributed by atoms with Gasteiger partial charge in [-0.05, 0) is 35.0 Å². The second-order valence-electron chi connectivity index (χ2n) is 4.76. The lowest BCUT2D eigenvalue weighted by Gasteiger charge is -2.26. The van der Waals surface area contributed by atoms with Crippen LogP contribution in [0.4, 0.5) is 0 Å². The minimum atomic E-state index is -0.271.